The van der Waals surface area contributed by atoms with E-state index in [1.54, 1.807) is 0 Å². The predicted molar refractivity (Wildman–Crippen MR) is 23.8 cm³/mol. The van der Waals surface area contributed by atoms with Crippen molar-refractivity contribution in [1.29, 1.82) is 5.26 Å². The van der Waals surface area contributed by atoms with Crippen molar-refractivity contribution in [3.05, 3.63) is 0 Å². The summed E-state index contributed by atoms with van der Waals surface area (Å²) < 4.78 is 13.4. The number of nitriles is 1. The molecule has 1 atom stereocenters. The van der Waals surface area contributed by atoms with E-state index in [1.165, 1.54) is 13.0 Å². The normalized spacial score (nSPS) is 13.0. The minimum absolute atomic E-state index is 0. The second kappa shape index (κ2) is 5.28. The maximum Gasteiger partial charge on any atom is 1.00 e. The van der Waals surface area contributed by atoms with E-state index in [1.807, 2.05) is 0 Å². The summed E-state index contributed by atoms with van der Waals surface area (Å²) in [7, 11) is -4.96. The van der Waals surface area contributed by atoms with Crippen LogP contribution in [0.4, 0.5) is 0 Å². The van der Waals surface area contributed by atoms with Crippen LogP contribution in [0.5, 0.6) is 0 Å². The average Bonchev–Trinajstić information content (AvgIpc) is 1.62. The molecular weight excluding hydrogens is 168 g/mol. The van der Waals surface area contributed by atoms with E-state index < -0.39 is 13.9 Å². The SMILES string of the molecule is CC(C#N)OP(=O)([O-])[O-].[Na+]. The van der Waals surface area contributed by atoms with E-state index in [-0.39, 0.29) is 29.6 Å². The van der Waals surface area contributed by atoms with E-state index in [4.69, 9.17) is 5.26 Å². The summed E-state index contributed by atoms with van der Waals surface area (Å²) in [6.07, 6.45) is -1.19. The zero-order valence-electron chi connectivity index (χ0n) is 5.60. The van der Waals surface area contributed by atoms with Crippen LogP contribution in [0.2, 0.25) is 0 Å². The van der Waals surface area contributed by atoms with Crippen molar-refractivity contribution in [3.63, 3.8) is 0 Å². The van der Waals surface area contributed by atoms with Crippen LogP contribution in [0.1, 0.15) is 6.92 Å². The van der Waals surface area contributed by atoms with Gasteiger partial charge in [-0.1, -0.05) is 0 Å². The molecule has 0 amide bonds. The van der Waals surface area contributed by atoms with Gasteiger partial charge in [-0.3, -0.25) is 0 Å². The molecule has 0 spiro atoms. The molecule has 0 saturated carbocycles. The Morgan fingerprint density at radius 2 is 2.10 bits per heavy atom. The minimum Gasteiger partial charge on any atom is -0.790 e. The molecule has 0 bridgehead atoms. The van der Waals surface area contributed by atoms with Gasteiger partial charge in [-0.05, 0) is 6.92 Å². The van der Waals surface area contributed by atoms with Crippen molar-refractivity contribution in [2.75, 3.05) is 0 Å². The Labute approximate surface area is 80.5 Å². The Bertz CT molecular complexity index is 172. The van der Waals surface area contributed by atoms with Gasteiger partial charge < -0.3 is 18.9 Å². The summed E-state index contributed by atoms with van der Waals surface area (Å²) in [6, 6.07) is 1.43. The fraction of sp³-hybridized carbons (Fsp3) is 0.667. The van der Waals surface area contributed by atoms with Gasteiger partial charge >= 0.3 is 29.6 Å². The van der Waals surface area contributed by atoms with Crippen LogP contribution in [0, 0.1) is 11.3 Å². The van der Waals surface area contributed by atoms with Crippen molar-refractivity contribution in [2.24, 2.45) is 0 Å². The van der Waals surface area contributed by atoms with Gasteiger partial charge in [0.1, 0.15) is 6.10 Å². The molecule has 0 N–H and O–H groups in total. The van der Waals surface area contributed by atoms with Crippen LogP contribution in [0.3, 0.4) is 0 Å². The second-order valence-corrected chi connectivity index (χ2v) is 2.43. The predicted octanol–water partition coefficient (Wildman–Crippen LogP) is -4.25. The third-order valence-corrected chi connectivity index (χ3v) is 1.04. The zero-order valence-corrected chi connectivity index (χ0v) is 8.50. The van der Waals surface area contributed by atoms with Crippen molar-refractivity contribution >= 4 is 7.82 Å². The number of hydrogen-bond acceptors (Lipinski definition) is 5. The Hall–Kier alpha value is 0.600. The summed E-state index contributed by atoms with van der Waals surface area (Å²) in [5, 5.41) is 7.92. The van der Waals surface area contributed by atoms with E-state index in [0.29, 0.717) is 0 Å². The van der Waals surface area contributed by atoms with Crippen molar-refractivity contribution in [3.8, 4) is 6.07 Å². The fourth-order valence-electron chi connectivity index (χ4n) is 0.217. The standard InChI is InChI=1S/C3H6NO4P.Na/c1-3(2-4)8-9(5,6)7;/h3H,1H3,(H2,5,6,7);/q;+1/p-2. The molecule has 0 rings (SSSR count). The van der Waals surface area contributed by atoms with Gasteiger partial charge in [0.15, 0.2) is 0 Å². The zero-order chi connectivity index (χ0) is 7.49. The molecule has 7 heteroatoms. The third kappa shape index (κ3) is 8.60. The van der Waals surface area contributed by atoms with E-state index in [9.17, 15) is 14.4 Å². The molecule has 0 aliphatic rings. The van der Waals surface area contributed by atoms with E-state index in [0.717, 1.165) is 0 Å². The van der Waals surface area contributed by atoms with Crippen LogP contribution >= 0.6 is 7.82 Å². The van der Waals surface area contributed by atoms with Gasteiger partial charge in [0.05, 0.1) is 13.9 Å². The summed E-state index contributed by atoms with van der Waals surface area (Å²) in [5.41, 5.74) is 0. The van der Waals surface area contributed by atoms with Gasteiger partial charge in [0.2, 0.25) is 0 Å². The summed E-state index contributed by atoms with van der Waals surface area (Å²) in [5.74, 6) is 0. The first-order valence-electron chi connectivity index (χ1n) is 2.06. The molecule has 0 aliphatic heterocycles. The first-order chi connectivity index (χ1) is 3.95. The first kappa shape index (κ1) is 13.2. The molecule has 1 unspecified atom stereocenters. The van der Waals surface area contributed by atoms with E-state index >= 15 is 0 Å². The Morgan fingerprint density at radius 3 is 2.20 bits per heavy atom. The first-order valence-corrected chi connectivity index (χ1v) is 3.52. The van der Waals surface area contributed by atoms with Crippen LogP contribution in [0.25, 0.3) is 0 Å². The molecule has 0 aromatic rings. The molecular formula is C3H4NNaO4P-. The van der Waals surface area contributed by atoms with E-state index in [2.05, 4.69) is 4.52 Å². The van der Waals surface area contributed by atoms with Crippen LogP contribution in [0.15, 0.2) is 0 Å². The van der Waals surface area contributed by atoms with Gasteiger partial charge in [-0.25, -0.2) is 0 Å². The number of phosphoric acid groups is 1. The van der Waals surface area contributed by atoms with Crippen molar-refractivity contribution in [1.82, 2.24) is 0 Å². The molecule has 52 valence electrons. The Kier molecular flexibility index (Phi) is 6.97. The maximum atomic E-state index is 9.70. The number of rotatable bonds is 2. The topological polar surface area (TPSA) is 96.2 Å². The van der Waals surface area contributed by atoms with Crippen molar-refractivity contribution in [2.45, 2.75) is 13.0 Å². The largest absolute Gasteiger partial charge is 1.00 e. The quantitative estimate of drug-likeness (QED) is 0.310. The van der Waals surface area contributed by atoms with Gasteiger partial charge in [0.25, 0.3) is 0 Å². The van der Waals surface area contributed by atoms with Gasteiger partial charge in [0, 0.05) is 0 Å². The second-order valence-electron chi connectivity index (χ2n) is 1.32. The third-order valence-electron chi connectivity index (χ3n) is 0.469. The van der Waals surface area contributed by atoms with Crippen LogP contribution in [-0.2, 0) is 9.09 Å². The van der Waals surface area contributed by atoms with Crippen LogP contribution in [-0.4, -0.2) is 6.10 Å². The number of hydrogen-bond donors (Lipinski definition) is 0. The fourth-order valence-corrected chi connectivity index (χ4v) is 0.652. The summed E-state index contributed by atoms with van der Waals surface area (Å²) in [6.45, 7) is 1.17. The smallest absolute Gasteiger partial charge is 0.790 e. The number of nitrogens with zero attached hydrogens (tertiary/aromatic N) is 1. The monoisotopic (exact) mass is 172 g/mol. The summed E-state index contributed by atoms with van der Waals surface area (Å²) >= 11 is 0. The van der Waals surface area contributed by atoms with Crippen LogP contribution < -0.4 is 39.3 Å². The van der Waals surface area contributed by atoms with Gasteiger partial charge in [-0.15, -0.1) is 0 Å². The van der Waals surface area contributed by atoms with Gasteiger partial charge in [-0.2, -0.15) is 5.26 Å². The molecule has 10 heavy (non-hydrogen) atoms. The Balaban J connectivity index is 0. The molecule has 5 nitrogen and oxygen atoms in total. The molecule has 0 saturated heterocycles. The molecule has 0 fully saturated rings. The average molecular weight is 172 g/mol. The molecule has 0 aromatic heterocycles. The summed E-state index contributed by atoms with van der Waals surface area (Å²) in [4.78, 5) is 19.4. The molecule has 0 heterocycles. The molecule has 0 aromatic carbocycles. The minimum atomic E-state index is -4.96. The Morgan fingerprint density at radius 1 is 1.70 bits per heavy atom. The van der Waals surface area contributed by atoms with Crippen molar-refractivity contribution < 1.29 is 48.4 Å². The number of phosphoric ester groups is 1. The maximum absolute atomic E-state index is 9.70. The molecule has 0 aliphatic carbocycles. The molecule has 0 radical (unpaired) electrons.